The topological polar surface area (TPSA) is 51.4 Å². The number of morpholine rings is 1. The zero-order chi connectivity index (χ0) is 17.1. The fourth-order valence-corrected chi connectivity index (χ4v) is 3.07. The Morgan fingerprint density at radius 1 is 1.08 bits per heavy atom. The second kappa shape index (κ2) is 7.35. The molecule has 1 aliphatic heterocycles. The van der Waals surface area contributed by atoms with Crippen molar-refractivity contribution in [2.24, 2.45) is 0 Å². The van der Waals surface area contributed by atoms with Gasteiger partial charge in [-0.25, -0.2) is 0 Å². The lowest BCUT2D eigenvalue weighted by atomic mass is 10.1. The van der Waals surface area contributed by atoms with Crippen LogP contribution < -0.4 is 0 Å². The van der Waals surface area contributed by atoms with Gasteiger partial charge < -0.3 is 9.26 Å². The van der Waals surface area contributed by atoms with Crippen LogP contribution in [0.5, 0.6) is 0 Å². The summed E-state index contributed by atoms with van der Waals surface area (Å²) in [7, 11) is 0. The maximum absolute atomic E-state index is 5.96. The highest BCUT2D eigenvalue weighted by molar-refractivity contribution is 6.30. The van der Waals surface area contributed by atoms with Crippen LogP contribution in [0.2, 0.25) is 5.02 Å². The molecule has 0 N–H and O–H groups in total. The SMILES string of the molecule is Clc1ccc(C2CN(Cc3noc(-c4ccccc4)n3)CCO2)cc1. The molecule has 1 aromatic heterocycles. The first kappa shape index (κ1) is 16.3. The molecule has 1 unspecified atom stereocenters. The van der Waals surface area contributed by atoms with E-state index in [0.717, 1.165) is 29.2 Å². The van der Waals surface area contributed by atoms with Gasteiger partial charge in [-0.15, -0.1) is 0 Å². The zero-order valence-electron chi connectivity index (χ0n) is 13.6. The van der Waals surface area contributed by atoms with E-state index in [4.69, 9.17) is 20.9 Å². The Morgan fingerprint density at radius 2 is 1.88 bits per heavy atom. The minimum absolute atomic E-state index is 0.0338. The van der Waals surface area contributed by atoms with Gasteiger partial charge in [-0.1, -0.05) is 47.1 Å². The standard InChI is InChI=1S/C19H18ClN3O2/c20-16-8-6-14(7-9-16)17-12-23(10-11-24-17)13-18-21-19(25-22-18)15-4-2-1-3-5-15/h1-9,17H,10-13H2. The molecule has 6 heteroatoms. The molecule has 1 aliphatic rings. The van der Waals surface area contributed by atoms with Gasteiger partial charge >= 0.3 is 0 Å². The van der Waals surface area contributed by atoms with Crippen LogP contribution in [0.4, 0.5) is 0 Å². The van der Waals surface area contributed by atoms with Gasteiger partial charge in [0.2, 0.25) is 0 Å². The summed E-state index contributed by atoms with van der Waals surface area (Å²) in [5, 5.41) is 4.84. The molecule has 3 aromatic rings. The summed E-state index contributed by atoms with van der Waals surface area (Å²) in [6.07, 6.45) is 0.0338. The lowest BCUT2D eigenvalue weighted by Gasteiger charge is -2.32. The van der Waals surface area contributed by atoms with Crippen molar-refractivity contribution in [1.82, 2.24) is 15.0 Å². The molecule has 2 aromatic carbocycles. The minimum Gasteiger partial charge on any atom is -0.371 e. The van der Waals surface area contributed by atoms with Gasteiger partial charge in [0.25, 0.3) is 5.89 Å². The number of halogens is 1. The van der Waals surface area contributed by atoms with Crippen molar-refractivity contribution in [3.8, 4) is 11.5 Å². The minimum atomic E-state index is 0.0338. The third kappa shape index (κ3) is 3.90. The summed E-state index contributed by atoms with van der Waals surface area (Å²) in [6.45, 7) is 2.95. The third-order valence-corrected chi connectivity index (χ3v) is 4.50. The molecular weight excluding hydrogens is 338 g/mol. The van der Waals surface area contributed by atoms with E-state index >= 15 is 0 Å². The summed E-state index contributed by atoms with van der Waals surface area (Å²) in [4.78, 5) is 6.79. The molecule has 0 aliphatic carbocycles. The van der Waals surface area contributed by atoms with E-state index in [1.165, 1.54) is 0 Å². The van der Waals surface area contributed by atoms with Crippen LogP contribution in [0.1, 0.15) is 17.5 Å². The van der Waals surface area contributed by atoms with E-state index in [1.807, 2.05) is 54.6 Å². The zero-order valence-corrected chi connectivity index (χ0v) is 14.4. The Kier molecular flexibility index (Phi) is 4.78. The van der Waals surface area contributed by atoms with Crippen molar-refractivity contribution in [2.75, 3.05) is 19.7 Å². The van der Waals surface area contributed by atoms with Crippen molar-refractivity contribution in [3.63, 3.8) is 0 Å². The van der Waals surface area contributed by atoms with Crippen LogP contribution >= 0.6 is 11.6 Å². The first-order valence-corrected chi connectivity index (χ1v) is 8.63. The number of rotatable bonds is 4. The lowest BCUT2D eigenvalue weighted by Crippen LogP contribution is -2.38. The fraction of sp³-hybridized carbons (Fsp3) is 0.263. The Morgan fingerprint density at radius 3 is 2.68 bits per heavy atom. The highest BCUT2D eigenvalue weighted by Gasteiger charge is 2.23. The molecule has 0 saturated carbocycles. The number of hydrogen-bond acceptors (Lipinski definition) is 5. The lowest BCUT2D eigenvalue weighted by molar-refractivity contribution is -0.0338. The molecule has 1 fully saturated rings. The quantitative estimate of drug-likeness (QED) is 0.709. The first-order chi connectivity index (χ1) is 12.3. The van der Waals surface area contributed by atoms with Crippen molar-refractivity contribution in [2.45, 2.75) is 12.6 Å². The van der Waals surface area contributed by atoms with E-state index in [0.29, 0.717) is 24.9 Å². The maximum Gasteiger partial charge on any atom is 0.257 e. The Labute approximate surface area is 151 Å². The average molecular weight is 356 g/mol. The van der Waals surface area contributed by atoms with Crippen molar-refractivity contribution in [3.05, 3.63) is 71.0 Å². The predicted octanol–water partition coefficient (Wildman–Crippen LogP) is 3.96. The Balaban J connectivity index is 1.42. The van der Waals surface area contributed by atoms with Crippen LogP contribution in [-0.4, -0.2) is 34.7 Å². The van der Waals surface area contributed by atoms with Crippen molar-refractivity contribution in [1.29, 1.82) is 0 Å². The van der Waals surface area contributed by atoms with E-state index in [2.05, 4.69) is 15.0 Å². The highest BCUT2D eigenvalue weighted by atomic mass is 35.5. The second-order valence-electron chi connectivity index (χ2n) is 6.03. The monoisotopic (exact) mass is 355 g/mol. The predicted molar refractivity (Wildman–Crippen MR) is 95.2 cm³/mol. The summed E-state index contributed by atoms with van der Waals surface area (Å²) in [6, 6.07) is 17.6. The Hall–Kier alpha value is -2.21. The van der Waals surface area contributed by atoms with Crippen molar-refractivity contribution >= 4 is 11.6 Å². The maximum atomic E-state index is 5.96. The largest absolute Gasteiger partial charge is 0.371 e. The van der Waals surface area contributed by atoms with Gasteiger partial charge in [0.05, 0.1) is 19.3 Å². The molecule has 1 atom stereocenters. The summed E-state index contributed by atoms with van der Waals surface area (Å²) in [5.41, 5.74) is 2.06. The molecule has 128 valence electrons. The molecule has 25 heavy (non-hydrogen) atoms. The number of ether oxygens (including phenoxy) is 1. The number of aromatic nitrogens is 2. The molecule has 0 radical (unpaired) electrons. The smallest absolute Gasteiger partial charge is 0.257 e. The van der Waals surface area contributed by atoms with Crippen LogP contribution in [0.25, 0.3) is 11.5 Å². The number of benzene rings is 2. The molecule has 0 spiro atoms. The third-order valence-electron chi connectivity index (χ3n) is 4.25. The molecule has 2 heterocycles. The van der Waals surface area contributed by atoms with Gasteiger partial charge in [-0.05, 0) is 29.8 Å². The van der Waals surface area contributed by atoms with Gasteiger partial charge in [0, 0.05) is 23.7 Å². The van der Waals surface area contributed by atoms with Crippen LogP contribution in [0.3, 0.4) is 0 Å². The molecule has 0 bridgehead atoms. The summed E-state index contributed by atoms with van der Waals surface area (Å²) < 4.78 is 11.3. The molecule has 0 amide bonds. The molecular formula is C19H18ClN3O2. The van der Waals surface area contributed by atoms with E-state index in [1.54, 1.807) is 0 Å². The number of hydrogen-bond donors (Lipinski definition) is 0. The van der Waals surface area contributed by atoms with Crippen LogP contribution in [0.15, 0.2) is 59.1 Å². The van der Waals surface area contributed by atoms with E-state index in [-0.39, 0.29) is 6.10 Å². The van der Waals surface area contributed by atoms with Crippen molar-refractivity contribution < 1.29 is 9.26 Å². The van der Waals surface area contributed by atoms with Crippen LogP contribution in [-0.2, 0) is 11.3 Å². The average Bonchev–Trinajstić information content (AvgIpc) is 3.12. The normalized spacial score (nSPS) is 18.4. The first-order valence-electron chi connectivity index (χ1n) is 8.25. The molecule has 1 saturated heterocycles. The van der Waals surface area contributed by atoms with Gasteiger partial charge in [-0.2, -0.15) is 4.98 Å². The van der Waals surface area contributed by atoms with Crippen LogP contribution in [0, 0.1) is 0 Å². The summed E-state index contributed by atoms with van der Waals surface area (Å²) in [5.74, 6) is 1.24. The van der Waals surface area contributed by atoms with Gasteiger partial charge in [-0.3, -0.25) is 4.90 Å². The van der Waals surface area contributed by atoms with E-state index in [9.17, 15) is 0 Å². The molecule has 4 rings (SSSR count). The van der Waals surface area contributed by atoms with E-state index < -0.39 is 0 Å². The van der Waals surface area contributed by atoms with Gasteiger partial charge in [0.15, 0.2) is 5.82 Å². The highest BCUT2D eigenvalue weighted by Crippen LogP contribution is 2.24. The second-order valence-corrected chi connectivity index (χ2v) is 6.46. The summed E-state index contributed by atoms with van der Waals surface area (Å²) >= 11 is 5.96. The fourth-order valence-electron chi connectivity index (χ4n) is 2.94. The Bertz CT molecular complexity index is 820. The van der Waals surface area contributed by atoms with Gasteiger partial charge in [0.1, 0.15) is 0 Å². The number of nitrogens with zero attached hydrogens (tertiary/aromatic N) is 3. The molecule has 5 nitrogen and oxygen atoms in total.